The standard InChI is InChI=1S/C20H21N3/c1-15-13-17(19(21)16-9-5-3-6-10-16)14-22-20(15)23(2)18-11-7-4-8-12-18/h3-14,19H,21H2,1-2H3/t19-/m0/s1. The summed E-state index contributed by atoms with van der Waals surface area (Å²) in [6.07, 6.45) is 1.87. The molecule has 1 heterocycles. The van der Waals surface area contributed by atoms with E-state index in [0.717, 1.165) is 28.2 Å². The van der Waals surface area contributed by atoms with E-state index in [1.165, 1.54) is 0 Å². The number of hydrogen-bond donors (Lipinski definition) is 1. The quantitative estimate of drug-likeness (QED) is 0.785. The number of rotatable bonds is 4. The average Bonchev–Trinajstić information content (AvgIpc) is 2.62. The van der Waals surface area contributed by atoms with Gasteiger partial charge in [-0.1, -0.05) is 48.5 Å². The topological polar surface area (TPSA) is 42.1 Å². The molecule has 0 aliphatic carbocycles. The molecule has 3 nitrogen and oxygen atoms in total. The molecule has 3 heteroatoms. The highest BCUT2D eigenvalue weighted by Gasteiger charge is 2.13. The van der Waals surface area contributed by atoms with Gasteiger partial charge in [0.25, 0.3) is 0 Å². The van der Waals surface area contributed by atoms with Crippen LogP contribution < -0.4 is 10.6 Å². The lowest BCUT2D eigenvalue weighted by Gasteiger charge is -2.21. The summed E-state index contributed by atoms with van der Waals surface area (Å²) in [5, 5.41) is 0. The van der Waals surface area contributed by atoms with Gasteiger partial charge in [-0.05, 0) is 41.8 Å². The maximum absolute atomic E-state index is 6.37. The first-order chi connectivity index (χ1) is 11.2. The summed E-state index contributed by atoms with van der Waals surface area (Å²) in [6.45, 7) is 2.07. The number of hydrogen-bond acceptors (Lipinski definition) is 3. The molecular weight excluding hydrogens is 282 g/mol. The van der Waals surface area contributed by atoms with Gasteiger partial charge in [-0.3, -0.25) is 0 Å². The first kappa shape index (κ1) is 15.3. The molecule has 2 N–H and O–H groups in total. The smallest absolute Gasteiger partial charge is 0.135 e. The van der Waals surface area contributed by atoms with Gasteiger partial charge < -0.3 is 10.6 Å². The second-order valence-electron chi connectivity index (χ2n) is 5.69. The van der Waals surface area contributed by atoms with E-state index in [1.54, 1.807) is 0 Å². The third-order valence-electron chi connectivity index (χ3n) is 4.05. The van der Waals surface area contributed by atoms with Crippen molar-refractivity contribution >= 4 is 11.5 Å². The van der Waals surface area contributed by atoms with E-state index in [2.05, 4.69) is 35.0 Å². The molecule has 0 unspecified atom stereocenters. The Balaban J connectivity index is 1.89. The first-order valence-corrected chi connectivity index (χ1v) is 7.72. The highest BCUT2D eigenvalue weighted by Crippen LogP contribution is 2.27. The SMILES string of the molecule is Cc1cc([C@@H](N)c2ccccc2)cnc1N(C)c1ccccc1. The maximum atomic E-state index is 6.37. The molecule has 0 bridgehead atoms. The molecule has 3 aromatic rings. The third-order valence-corrected chi connectivity index (χ3v) is 4.05. The normalized spacial score (nSPS) is 12.0. The molecule has 1 aromatic heterocycles. The van der Waals surface area contributed by atoms with E-state index < -0.39 is 0 Å². The zero-order chi connectivity index (χ0) is 16.2. The van der Waals surface area contributed by atoms with Gasteiger partial charge in [0, 0.05) is 18.9 Å². The van der Waals surface area contributed by atoms with E-state index in [4.69, 9.17) is 5.73 Å². The van der Waals surface area contributed by atoms with Crippen LogP contribution in [0.2, 0.25) is 0 Å². The molecule has 116 valence electrons. The van der Waals surface area contributed by atoms with E-state index in [1.807, 2.05) is 61.8 Å². The van der Waals surface area contributed by atoms with Crippen molar-refractivity contribution in [3.05, 3.63) is 89.6 Å². The molecule has 2 aromatic carbocycles. The number of benzene rings is 2. The van der Waals surface area contributed by atoms with Crippen molar-refractivity contribution in [2.75, 3.05) is 11.9 Å². The molecule has 0 radical (unpaired) electrons. The van der Waals surface area contributed by atoms with Crippen LogP contribution in [0.3, 0.4) is 0 Å². The second-order valence-corrected chi connectivity index (χ2v) is 5.69. The number of aryl methyl sites for hydroxylation is 1. The zero-order valence-corrected chi connectivity index (χ0v) is 13.5. The summed E-state index contributed by atoms with van der Waals surface area (Å²) in [5.74, 6) is 0.945. The minimum absolute atomic E-state index is 0.154. The maximum Gasteiger partial charge on any atom is 0.135 e. The molecule has 0 aliphatic heterocycles. The van der Waals surface area contributed by atoms with Gasteiger partial charge in [0.15, 0.2) is 0 Å². The van der Waals surface area contributed by atoms with Crippen molar-refractivity contribution in [3.63, 3.8) is 0 Å². The summed E-state index contributed by atoms with van der Waals surface area (Å²) in [4.78, 5) is 6.74. The third kappa shape index (κ3) is 3.25. The van der Waals surface area contributed by atoms with E-state index in [9.17, 15) is 0 Å². The summed E-state index contributed by atoms with van der Waals surface area (Å²) >= 11 is 0. The Morgan fingerprint density at radius 1 is 0.913 bits per heavy atom. The minimum Gasteiger partial charge on any atom is -0.329 e. The zero-order valence-electron chi connectivity index (χ0n) is 13.5. The Kier molecular flexibility index (Phi) is 4.40. The first-order valence-electron chi connectivity index (χ1n) is 7.72. The average molecular weight is 303 g/mol. The molecule has 0 saturated carbocycles. The number of para-hydroxylation sites is 1. The summed E-state index contributed by atoms with van der Waals surface area (Å²) < 4.78 is 0. The van der Waals surface area contributed by atoms with Gasteiger partial charge in [0.05, 0.1) is 6.04 Å². The molecule has 0 saturated heterocycles. The number of aromatic nitrogens is 1. The van der Waals surface area contributed by atoms with Crippen molar-refractivity contribution in [3.8, 4) is 0 Å². The molecular formula is C20H21N3. The van der Waals surface area contributed by atoms with Gasteiger partial charge in [-0.2, -0.15) is 0 Å². The van der Waals surface area contributed by atoms with Crippen LogP contribution in [0, 0.1) is 6.92 Å². The predicted octanol–water partition coefficient (Wildman–Crippen LogP) is 4.21. The van der Waals surface area contributed by atoms with Gasteiger partial charge in [0.1, 0.15) is 5.82 Å². The van der Waals surface area contributed by atoms with Crippen molar-refractivity contribution in [1.29, 1.82) is 0 Å². The van der Waals surface area contributed by atoms with Crippen LogP contribution in [0.1, 0.15) is 22.7 Å². The van der Waals surface area contributed by atoms with Gasteiger partial charge in [0.2, 0.25) is 0 Å². The van der Waals surface area contributed by atoms with E-state index in [0.29, 0.717) is 0 Å². The van der Waals surface area contributed by atoms with Crippen LogP contribution >= 0.6 is 0 Å². The molecule has 23 heavy (non-hydrogen) atoms. The number of nitrogens with two attached hydrogens (primary N) is 1. The van der Waals surface area contributed by atoms with Crippen LogP contribution in [0.5, 0.6) is 0 Å². The minimum atomic E-state index is -0.154. The molecule has 0 amide bonds. The Labute approximate surface area is 137 Å². The predicted molar refractivity (Wildman–Crippen MR) is 96.0 cm³/mol. The van der Waals surface area contributed by atoms with Crippen LogP contribution in [0.15, 0.2) is 72.9 Å². The van der Waals surface area contributed by atoms with Crippen LogP contribution in [-0.4, -0.2) is 12.0 Å². The van der Waals surface area contributed by atoms with Gasteiger partial charge in [-0.15, -0.1) is 0 Å². The highest BCUT2D eigenvalue weighted by atomic mass is 15.2. The summed E-state index contributed by atoms with van der Waals surface area (Å²) in [5.41, 5.74) is 10.7. The Bertz CT molecular complexity index is 769. The fourth-order valence-electron chi connectivity index (χ4n) is 2.74. The van der Waals surface area contributed by atoms with Gasteiger partial charge >= 0.3 is 0 Å². The Hall–Kier alpha value is -2.65. The summed E-state index contributed by atoms with van der Waals surface area (Å²) in [7, 11) is 2.03. The molecule has 0 spiro atoms. The number of anilines is 2. The fraction of sp³-hybridized carbons (Fsp3) is 0.150. The number of pyridine rings is 1. The van der Waals surface area contributed by atoms with Crippen molar-refractivity contribution in [2.45, 2.75) is 13.0 Å². The Morgan fingerprint density at radius 2 is 1.52 bits per heavy atom. The highest BCUT2D eigenvalue weighted by molar-refractivity contribution is 5.62. The molecule has 0 fully saturated rings. The Morgan fingerprint density at radius 3 is 2.13 bits per heavy atom. The lowest BCUT2D eigenvalue weighted by Crippen LogP contribution is -2.16. The lowest BCUT2D eigenvalue weighted by atomic mass is 10.00. The van der Waals surface area contributed by atoms with E-state index in [-0.39, 0.29) is 6.04 Å². The van der Waals surface area contributed by atoms with Crippen LogP contribution in [0.25, 0.3) is 0 Å². The largest absolute Gasteiger partial charge is 0.329 e. The van der Waals surface area contributed by atoms with Gasteiger partial charge in [-0.25, -0.2) is 4.98 Å². The molecule has 0 aliphatic rings. The summed E-state index contributed by atoms with van der Waals surface area (Å²) in [6, 6.07) is 22.3. The monoisotopic (exact) mass is 303 g/mol. The van der Waals surface area contributed by atoms with E-state index >= 15 is 0 Å². The lowest BCUT2D eigenvalue weighted by molar-refractivity contribution is 0.859. The molecule has 3 rings (SSSR count). The van der Waals surface area contributed by atoms with Crippen molar-refractivity contribution in [1.82, 2.24) is 4.98 Å². The fourth-order valence-corrected chi connectivity index (χ4v) is 2.74. The van der Waals surface area contributed by atoms with Crippen LogP contribution in [-0.2, 0) is 0 Å². The van der Waals surface area contributed by atoms with Crippen molar-refractivity contribution < 1.29 is 0 Å². The van der Waals surface area contributed by atoms with Crippen molar-refractivity contribution in [2.24, 2.45) is 5.73 Å². The second kappa shape index (κ2) is 6.63. The molecule has 1 atom stereocenters. The number of nitrogens with zero attached hydrogens (tertiary/aromatic N) is 2. The van der Waals surface area contributed by atoms with Crippen LogP contribution in [0.4, 0.5) is 11.5 Å².